The zero-order valence-electron chi connectivity index (χ0n) is 10.3. The predicted molar refractivity (Wildman–Crippen MR) is 70.2 cm³/mol. The maximum absolute atomic E-state index is 14.2. The van der Waals surface area contributed by atoms with Crippen LogP contribution in [-0.4, -0.2) is 5.11 Å². The molecule has 1 aliphatic rings. The van der Waals surface area contributed by atoms with E-state index >= 15 is 0 Å². The largest absolute Gasteiger partial charge is 0.384 e. The summed E-state index contributed by atoms with van der Waals surface area (Å²) in [6.45, 7) is 4.04. The maximum Gasteiger partial charge on any atom is 0.143 e. The van der Waals surface area contributed by atoms with Crippen molar-refractivity contribution >= 4 is 15.9 Å². The zero-order valence-corrected chi connectivity index (χ0v) is 11.8. The lowest BCUT2D eigenvalue weighted by Gasteiger charge is -2.47. The number of hydrogen-bond donors (Lipinski definition) is 1. The van der Waals surface area contributed by atoms with Crippen LogP contribution in [0.1, 0.15) is 45.1 Å². The Kier molecular flexibility index (Phi) is 3.34. The standard InChI is InChI=1S/C14H18BrFO/c1-13(2)8-3-4-9-14(13,17)10-6-5-7-11(15)12(10)16/h5-7,17H,3-4,8-9H2,1-2H3. The normalized spacial score (nSPS) is 28.1. The van der Waals surface area contributed by atoms with Crippen LogP contribution in [0, 0.1) is 11.2 Å². The summed E-state index contributed by atoms with van der Waals surface area (Å²) in [5.74, 6) is -0.329. The highest BCUT2D eigenvalue weighted by molar-refractivity contribution is 9.10. The number of rotatable bonds is 1. The van der Waals surface area contributed by atoms with Gasteiger partial charge in [0.1, 0.15) is 5.82 Å². The highest BCUT2D eigenvalue weighted by atomic mass is 79.9. The molecule has 17 heavy (non-hydrogen) atoms. The van der Waals surface area contributed by atoms with Crippen LogP contribution in [0.2, 0.25) is 0 Å². The van der Waals surface area contributed by atoms with E-state index in [0.717, 1.165) is 19.3 Å². The summed E-state index contributed by atoms with van der Waals surface area (Å²) in [5, 5.41) is 10.9. The van der Waals surface area contributed by atoms with E-state index in [1.807, 2.05) is 13.8 Å². The third kappa shape index (κ3) is 2.04. The number of halogens is 2. The highest BCUT2D eigenvalue weighted by Gasteiger charge is 2.47. The van der Waals surface area contributed by atoms with Crippen molar-refractivity contribution in [3.63, 3.8) is 0 Å². The summed E-state index contributed by atoms with van der Waals surface area (Å²) in [4.78, 5) is 0. The molecule has 1 aromatic carbocycles. The van der Waals surface area contributed by atoms with E-state index in [1.165, 1.54) is 0 Å². The quantitative estimate of drug-likeness (QED) is 0.816. The van der Waals surface area contributed by atoms with Crippen molar-refractivity contribution < 1.29 is 9.50 Å². The molecule has 1 saturated carbocycles. The molecule has 1 fully saturated rings. The second-order valence-electron chi connectivity index (χ2n) is 5.55. The SMILES string of the molecule is CC1(C)CCCCC1(O)c1cccc(Br)c1F. The molecule has 1 nitrogen and oxygen atoms in total. The molecule has 1 atom stereocenters. The van der Waals surface area contributed by atoms with Crippen LogP contribution >= 0.6 is 15.9 Å². The zero-order chi connectivity index (χ0) is 12.7. The first-order valence-electron chi connectivity index (χ1n) is 6.05. The van der Waals surface area contributed by atoms with Gasteiger partial charge in [0.25, 0.3) is 0 Å². The second kappa shape index (κ2) is 4.36. The number of benzene rings is 1. The van der Waals surface area contributed by atoms with Gasteiger partial charge in [0.05, 0.1) is 10.1 Å². The Bertz CT molecular complexity index is 430. The number of hydrogen-bond acceptors (Lipinski definition) is 1. The van der Waals surface area contributed by atoms with Crippen molar-refractivity contribution in [2.24, 2.45) is 5.41 Å². The van der Waals surface area contributed by atoms with Gasteiger partial charge in [-0.15, -0.1) is 0 Å². The van der Waals surface area contributed by atoms with Crippen LogP contribution in [-0.2, 0) is 5.60 Å². The Morgan fingerprint density at radius 1 is 1.24 bits per heavy atom. The lowest BCUT2D eigenvalue weighted by Crippen LogP contribution is -2.45. The second-order valence-corrected chi connectivity index (χ2v) is 6.41. The van der Waals surface area contributed by atoms with Crippen molar-refractivity contribution in [2.75, 3.05) is 0 Å². The van der Waals surface area contributed by atoms with Crippen LogP contribution in [0.3, 0.4) is 0 Å². The lowest BCUT2D eigenvalue weighted by atomic mass is 9.62. The minimum atomic E-state index is -1.06. The van der Waals surface area contributed by atoms with Crippen molar-refractivity contribution in [1.29, 1.82) is 0 Å². The molecule has 1 aromatic rings. The third-order valence-corrected chi connectivity index (χ3v) is 4.72. The first-order chi connectivity index (χ1) is 7.88. The van der Waals surface area contributed by atoms with Gasteiger partial charge in [-0.2, -0.15) is 0 Å². The van der Waals surface area contributed by atoms with Gasteiger partial charge in [0.2, 0.25) is 0 Å². The summed E-state index contributed by atoms with van der Waals surface area (Å²) < 4.78 is 14.6. The molecule has 0 radical (unpaired) electrons. The number of aliphatic hydroxyl groups is 1. The van der Waals surface area contributed by atoms with Crippen LogP contribution in [0.5, 0.6) is 0 Å². The van der Waals surface area contributed by atoms with E-state index in [0.29, 0.717) is 16.5 Å². The first-order valence-corrected chi connectivity index (χ1v) is 6.85. The third-order valence-electron chi connectivity index (χ3n) is 4.11. The first kappa shape index (κ1) is 13.0. The Morgan fingerprint density at radius 3 is 2.53 bits per heavy atom. The molecule has 1 aliphatic carbocycles. The molecule has 0 aromatic heterocycles. The van der Waals surface area contributed by atoms with Crippen LogP contribution in [0.25, 0.3) is 0 Å². The fourth-order valence-electron chi connectivity index (χ4n) is 2.82. The molecule has 0 amide bonds. The molecular weight excluding hydrogens is 283 g/mol. The van der Waals surface area contributed by atoms with Gasteiger partial charge >= 0.3 is 0 Å². The molecule has 1 N–H and O–H groups in total. The molecular formula is C14H18BrFO. The molecule has 94 valence electrons. The Labute approximate surface area is 110 Å². The average Bonchev–Trinajstić information content (AvgIpc) is 2.26. The molecule has 0 saturated heterocycles. The van der Waals surface area contributed by atoms with E-state index in [1.54, 1.807) is 18.2 Å². The fraction of sp³-hybridized carbons (Fsp3) is 0.571. The fourth-order valence-corrected chi connectivity index (χ4v) is 3.18. The topological polar surface area (TPSA) is 20.2 Å². The molecule has 0 bridgehead atoms. The van der Waals surface area contributed by atoms with Gasteiger partial charge in [-0.25, -0.2) is 4.39 Å². The van der Waals surface area contributed by atoms with E-state index in [-0.39, 0.29) is 11.2 Å². The van der Waals surface area contributed by atoms with Gasteiger partial charge in [-0.3, -0.25) is 0 Å². The average molecular weight is 301 g/mol. The van der Waals surface area contributed by atoms with Gasteiger partial charge in [-0.05, 0) is 40.3 Å². The minimum Gasteiger partial charge on any atom is -0.384 e. The monoisotopic (exact) mass is 300 g/mol. The summed E-state index contributed by atoms with van der Waals surface area (Å²) >= 11 is 3.19. The highest BCUT2D eigenvalue weighted by Crippen LogP contribution is 2.51. The van der Waals surface area contributed by atoms with E-state index in [4.69, 9.17) is 0 Å². The Balaban J connectivity index is 2.53. The van der Waals surface area contributed by atoms with Gasteiger partial charge in [0, 0.05) is 5.56 Å². The molecule has 0 heterocycles. The Morgan fingerprint density at radius 2 is 1.88 bits per heavy atom. The summed E-state index contributed by atoms with van der Waals surface area (Å²) in [7, 11) is 0. The lowest BCUT2D eigenvalue weighted by molar-refractivity contribution is -0.106. The van der Waals surface area contributed by atoms with Crippen molar-refractivity contribution in [2.45, 2.75) is 45.1 Å². The van der Waals surface area contributed by atoms with Crippen LogP contribution in [0.15, 0.2) is 22.7 Å². The summed E-state index contributed by atoms with van der Waals surface area (Å²) in [6.07, 6.45) is 3.61. The van der Waals surface area contributed by atoms with Gasteiger partial charge < -0.3 is 5.11 Å². The molecule has 3 heteroatoms. The summed E-state index contributed by atoms with van der Waals surface area (Å²) in [6, 6.07) is 5.15. The van der Waals surface area contributed by atoms with Crippen molar-refractivity contribution in [3.05, 3.63) is 34.1 Å². The molecule has 2 rings (SSSR count). The van der Waals surface area contributed by atoms with Gasteiger partial charge in [-0.1, -0.05) is 38.8 Å². The molecule has 0 aliphatic heterocycles. The smallest absolute Gasteiger partial charge is 0.143 e. The van der Waals surface area contributed by atoms with Crippen LogP contribution in [0.4, 0.5) is 4.39 Å². The maximum atomic E-state index is 14.2. The van der Waals surface area contributed by atoms with E-state index < -0.39 is 5.60 Å². The Hall–Kier alpha value is -0.410. The van der Waals surface area contributed by atoms with Crippen LogP contribution < -0.4 is 0 Å². The molecule has 0 spiro atoms. The predicted octanol–water partition coefficient (Wildman–Crippen LogP) is 4.38. The van der Waals surface area contributed by atoms with E-state index in [2.05, 4.69) is 15.9 Å². The molecule has 1 unspecified atom stereocenters. The van der Waals surface area contributed by atoms with Gasteiger partial charge in [0.15, 0.2) is 0 Å². The van der Waals surface area contributed by atoms with Crippen molar-refractivity contribution in [3.8, 4) is 0 Å². The summed E-state index contributed by atoms with van der Waals surface area (Å²) in [5.41, 5.74) is -0.914. The van der Waals surface area contributed by atoms with Crippen molar-refractivity contribution in [1.82, 2.24) is 0 Å². The van der Waals surface area contributed by atoms with E-state index in [9.17, 15) is 9.50 Å². The minimum absolute atomic E-state index is 0.285.